The van der Waals surface area contributed by atoms with Crippen molar-refractivity contribution in [2.24, 2.45) is 5.92 Å². The van der Waals surface area contributed by atoms with E-state index in [0.29, 0.717) is 25.0 Å². The van der Waals surface area contributed by atoms with Gasteiger partial charge in [0.05, 0.1) is 12.6 Å². The SMILES string of the molecule is C#CCN(CC1CC1)C(=O)CCC1CCCO1. The Bertz CT molecular complexity index is 298. The summed E-state index contributed by atoms with van der Waals surface area (Å²) in [6.45, 7) is 2.17. The average molecular weight is 235 g/mol. The zero-order valence-electron chi connectivity index (χ0n) is 10.4. The molecule has 3 heteroatoms. The maximum Gasteiger partial charge on any atom is 0.223 e. The minimum atomic E-state index is 0.199. The molecule has 1 heterocycles. The Labute approximate surface area is 104 Å². The van der Waals surface area contributed by atoms with E-state index in [-0.39, 0.29) is 5.91 Å². The van der Waals surface area contributed by atoms with E-state index in [1.165, 1.54) is 12.8 Å². The smallest absolute Gasteiger partial charge is 0.223 e. The summed E-state index contributed by atoms with van der Waals surface area (Å²) < 4.78 is 5.53. The molecule has 17 heavy (non-hydrogen) atoms. The molecule has 1 aliphatic heterocycles. The molecular weight excluding hydrogens is 214 g/mol. The van der Waals surface area contributed by atoms with Crippen LogP contribution in [0.5, 0.6) is 0 Å². The predicted molar refractivity (Wildman–Crippen MR) is 66.3 cm³/mol. The third kappa shape index (κ3) is 4.05. The highest BCUT2D eigenvalue weighted by atomic mass is 16.5. The second-order valence-corrected chi connectivity index (χ2v) is 5.10. The van der Waals surface area contributed by atoms with Crippen molar-refractivity contribution in [3.8, 4) is 12.3 Å². The minimum Gasteiger partial charge on any atom is -0.378 e. The Morgan fingerprint density at radius 2 is 2.24 bits per heavy atom. The molecule has 0 aromatic heterocycles. The summed E-state index contributed by atoms with van der Waals surface area (Å²) in [5.41, 5.74) is 0. The molecule has 0 N–H and O–H groups in total. The van der Waals surface area contributed by atoms with Crippen molar-refractivity contribution in [3.05, 3.63) is 0 Å². The number of carbonyl (C=O) groups is 1. The fourth-order valence-electron chi connectivity index (χ4n) is 2.29. The zero-order chi connectivity index (χ0) is 12.1. The van der Waals surface area contributed by atoms with Crippen LogP contribution < -0.4 is 0 Å². The van der Waals surface area contributed by atoms with E-state index < -0.39 is 0 Å². The molecule has 2 aliphatic rings. The van der Waals surface area contributed by atoms with Crippen molar-refractivity contribution in [1.82, 2.24) is 4.90 Å². The number of amides is 1. The van der Waals surface area contributed by atoms with Crippen LogP contribution in [-0.2, 0) is 9.53 Å². The van der Waals surface area contributed by atoms with E-state index in [9.17, 15) is 4.79 Å². The first-order valence-electron chi connectivity index (χ1n) is 6.62. The normalized spacial score (nSPS) is 23.4. The molecule has 0 bridgehead atoms. The molecule has 1 unspecified atom stereocenters. The number of ether oxygens (including phenoxy) is 1. The number of carbonyl (C=O) groups excluding carboxylic acids is 1. The number of hydrogen-bond donors (Lipinski definition) is 0. The van der Waals surface area contributed by atoms with Gasteiger partial charge in [0.2, 0.25) is 5.91 Å². The topological polar surface area (TPSA) is 29.5 Å². The van der Waals surface area contributed by atoms with Crippen LogP contribution in [0.15, 0.2) is 0 Å². The maximum atomic E-state index is 12.0. The molecular formula is C14H21NO2. The summed E-state index contributed by atoms with van der Waals surface area (Å²) in [6.07, 6.45) is 11.8. The van der Waals surface area contributed by atoms with Gasteiger partial charge in [-0.25, -0.2) is 0 Å². The van der Waals surface area contributed by atoms with Crippen LogP contribution in [0.1, 0.15) is 38.5 Å². The zero-order valence-corrected chi connectivity index (χ0v) is 10.4. The van der Waals surface area contributed by atoms with Gasteiger partial charge in [-0.3, -0.25) is 4.79 Å². The maximum absolute atomic E-state index is 12.0. The van der Waals surface area contributed by atoms with E-state index in [2.05, 4.69) is 5.92 Å². The fourth-order valence-corrected chi connectivity index (χ4v) is 2.29. The molecule has 1 saturated carbocycles. The van der Waals surface area contributed by atoms with Gasteiger partial charge in [-0.2, -0.15) is 0 Å². The highest BCUT2D eigenvalue weighted by Crippen LogP contribution is 2.30. The number of rotatable bonds is 6. The highest BCUT2D eigenvalue weighted by molar-refractivity contribution is 5.76. The molecule has 94 valence electrons. The Kier molecular flexibility index (Phi) is 4.44. The van der Waals surface area contributed by atoms with Crippen molar-refractivity contribution in [1.29, 1.82) is 0 Å². The van der Waals surface area contributed by atoms with Gasteiger partial charge in [0.15, 0.2) is 0 Å². The van der Waals surface area contributed by atoms with E-state index in [4.69, 9.17) is 11.2 Å². The standard InChI is InChI=1S/C14H21NO2/c1-2-9-15(11-12-5-6-12)14(16)8-7-13-4-3-10-17-13/h1,12-13H,3-11H2. The molecule has 2 fully saturated rings. The second kappa shape index (κ2) is 6.07. The molecule has 3 nitrogen and oxygen atoms in total. The van der Waals surface area contributed by atoms with Crippen LogP contribution in [0.4, 0.5) is 0 Å². The molecule has 0 aromatic rings. The largest absolute Gasteiger partial charge is 0.378 e. The fraction of sp³-hybridized carbons (Fsp3) is 0.786. The number of nitrogens with zero attached hydrogens (tertiary/aromatic N) is 1. The first kappa shape index (κ1) is 12.4. The number of terminal acetylenes is 1. The molecule has 1 aliphatic carbocycles. The molecule has 1 amide bonds. The summed E-state index contributed by atoms with van der Waals surface area (Å²) in [6, 6.07) is 0. The van der Waals surface area contributed by atoms with E-state index in [0.717, 1.165) is 32.4 Å². The molecule has 0 aromatic carbocycles. The first-order valence-corrected chi connectivity index (χ1v) is 6.62. The van der Waals surface area contributed by atoms with Gasteiger partial charge < -0.3 is 9.64 Å². The van der Waals surface area contributed by atoms with Crippen molar-refractivity contribution < 1.29 is 9.53 Å². The van der Waals surface area contributed by atoms with Crippen LogP contribution in [-0.4, -0.2) is 36.6 Å². The lowest BCUT2D eigenvalue weighted by Gasteiger charge is -2.20. The third-order valence-corrected chi connectivity index (χ3v) is 3.51. The molecule has 2 rings (SSSR count). The Hall–Kier alpha value is -1.01. The van der Waals surface area contributed by atoms with Gasteiger partial charge >= 0.3 is 0 Å². The summed E-state index contributed by atoms with van der Waals surface area (Å²) in [5.74, 6) is 3.49. The average Bonchev–Trinajstić information content (AvgIpc) is 2.99. The Morgan fingerprint density at radius 1 is 1.41 bits per heavy atom. The lowest BCUT2D eigenvalue weighted by molar-refractivity contribution is -0.131. The summed E-state index contributed by atoms with van der Waals surface area (Å²) in [5, 5.41) is 0. The highest BCUT2D eigenvalue weighted by Gasteiger charge is 2.26. The van der Waals surface area contributed by atoms with Crippen molar-refractivity contribution in [3.63, 3.8) is 0 Å². The van der Waals surface area contributed by atoms with Gasteiger partial charge in [0.25, 0.3) is 0 Å². The van der Waals surface area contributed by atoms with Crippen LogP contribution >= 0.6 is 0 Å². The lowest BCUT2D eigenvalue weighted by Crippen LogP contribution is -2.33. The quantitative estimate of drug-likeness (QED) is 0.657. The van der Waals surface area contributed by atoms with Gasteiger partial charge in [-0.1, -0.05) is 5.92 Å². The van der Waals surface area contributed by atoms with Crippen molar-refractivity contribution in [2.75, 3.05) is 19.7 Å². The second-order valence-electron chi connectivity index (χ2n) is 5.10. The Morgan fingerprint density at radius 3 is 2.82 bits per heavy atom. The number of hydrogen-bond acceptors (Lipinski definition) is 2. The van der Waals surface area contributed by atoms with Crippen molar-refractivity contribution >= 4 is 5.91 Å². The minimum absolute atomic E-state index is 0.199. The van der Waals surface area contributed by atoms with Crippen LogP contribution in [0, 0.1) is 18.3 Å². The monoisotopic (exact) mass is 235 g/mol. The summed E-state index contributed by atoms with van der Waals surface area (Å²) in [7, 11) is 0. The third-order valence-electron chi connectivity index (χ3n) is 3.51. The van der Waals surface area contributed by atoms with Gasteiger partial charge in [-0.15, -0.1) is 6.42 Å². The van der Waals surface area contributed by atoms with E-state index in [1.54, 1.807) is 0 Å². The van der Waals surface area contributed by atoms with Gasteiger partial charge in [-0.05, 0) is 38.0 Å². The summed E-state index contributed by atoms with van der Waals surface area (Å²) in [4.78, 5) is 13.9. The lowest BCUT2D eigenvalue weighted by atomic mass is 10.1. The van der Waals surface area contributed by atoms with E-state index in [1.807, 2.05) is 4.90 Å². The predicted octanol–water partition coefficient (Wildman–Crippen LogP) is 1.82. The summed E-state index contributed by atoms with van der Waals surface area (Å²) >= 11 is 0. The first-order chi connectivity index (χ1) is 8.29. The Balaban J connectivity index is 1.72. The van der Waals surface area contributed by atoms with Gasteiger partial charge in [0.1, 0.15) is 0 Å². The van der Waals surface area contributed by atoms with Gasteiger partial charge in [0, 0.05) is 19.6 Å². The molecule has 1 atom stereocenters. The van der Waals surface area contributed by atoms with Crippen LogP contribution in [0.2, 0.25) is 0 Å². The van der Waals surface area contributed by atoms with Crippen LogP contribution in [0.3, 0.4) is 0 Å². The molecule has 0 spiro atoms. The van der Waals surface area contributed by atoms with E-state index >= 15 is 0 Å². The molecule has 1 saturated heterocycles. The van der Waals surface area contributed by atoms with Crippen molar-refractivity contribution in [2.45, 2.75) is 44.6 Å². The molecule has 0 radical (unpaired) electrons. The van der Waals surface area contributed by atoms with Crippen LogP contribution in [0.25, 0.3) is 0 Å².